The Balaban J connectivity index is 0.00000242. The first-order chi connectivity index (χ1) is 10.1. The number of nitrogens with two attached hydrogens (primary N) is 1. The van der Waals surface area contributed by atoms with Crippen LogP contribution >= 0.6 is 12.4 Å². The summed E-state index contributed by atoms with van der Waals surface area (Å²) in [4.78, 5) is 30.3. The highest BCUT2D eigenvalue weighted by Crippen LogP contribution is 2.10. The van der Waals surface area contributed by atoms with Crippen LogP contribution in [0.1, 0.15) is 42.2 Å². The van der Waals surface area contributed by atoms with Gasteiger partial charge in [0.15, 0.2) is 0 Å². The number of nitrogens with one attached hydrogen (secondary N) is 1. The van der Waals surface area contributed by atoms with Gasteiger partial charge in [0.1, 0.15) is 6.04 Å². The molecule has 3 N–H and O–H groups in total. The summed E-state index contributed by atoms with van der Waals surface area (Å²) in [7, 11) is 0. The summed E-state index contributed by atoms with van der Waals surface area (Å²) in [5.41, 5.74) is 6.64. The number of carbonyl (C=O) groups is 2. The van der Waals surface area contributed by atoms with Crippen molar-refractivity contribution in [3.05, 3.63) is 29.6 Å². The molecular weight excluding hydrogens is 304 g/mol. The average Bonchev–Trinajstić information content (AvgIpc) is 2.54. The first kappa shape index (κ1) is 18.4. The van der Waals surface area contributed by atoms with E-state index in [1.807, 2.05) is 4.90 Å². The third-order valence-corrected chi connectivity index (χ3v) is 3.67. The Labute approximate surface area is 136 Å². The van der Waals surface area contributed by atoms with Crippen LogP contribution in [0.4, 0.5) is 0 Å². The molecule has 0 saturated carbocycles. The van der Waals surface area contributed by atoms with Crippen molar-refractivity contribution in [2.75, 3.05) is 13.1 Å². The number of piperidine rings is 1. The third-order valence-electron chi connectivity index (χ3n) is 3.67. The molecular formula is C15H23ClN4O2. The molecule has 1 aliphatic heterocycles. The Hall–Kier alpha value is -1.66. The number of rotatable bonds is 4. The zero-order valence-electron chi connectivity index (χ0n) is 12.7. The molecule has 1 aliphatic rings. The number of likely N-dealkylation sites (tertiary alicyclic amines) is 1. The molecule has 122 valence electrons. The van der Waals surface area contributed by atoms with Crippen LogP contribution in [0.3, 0.4) is 0 Å². The standard InChI is InChI=1S/C15H22N4O2.ClH/c1-11(15(21)19-7-3-2-4-8-19)18-14(20)12-5-6-17-13(9-12)10-16;/h5-6,9,11H,2-4,7-8,10,16H2,1H3,(H,18,20);1H. The molecule has 1 aromatic rings. The van der Waals surface area contributed by atoms with Gasteiger partial charge in [-0.15, -0.1) is 12.4 Å². The number of hydrogen-bond donors (Lipinski definition) is 2. The van der Waals surface area contributed by atoms with E-state index in [1.54, 1.807) is 25.3 Å². The van der Waals surface area contributed by atoms with Gasteiger partial charge in [-0.25, -0.2) is 0 Å². The average molecular weight is 327 g/mol. The van der Waals surface area contributed by atoms with Crippen molar-refractivity contribution in [1.29, 1.82) is 0 Å². The second-order valence-corrected chi connectivity index (χ2v) is 5.32. The predicted octanol–water partition coefficient (Wildman–Crippen LogP) is 1.09. The molecule has 0 spiro atoms. The van der Waals surface area contributed by atoms with Crippen LogP contribution in [0.2, 0.25) is 0 Å². The highest BCUT2D eigenvalue weighted by atomic mass is 35.5. The summed E-state index contributed by atoms with van der Waals surface area (Å²) in [6.07, 6.45) is 4.80. The summed E-state index contributed by atoms with van der Waals surface area (Å²) in [6.45, 7) is 3.57. The van der Waals surface area contributed by atoms with Gasteiger partial charge in [0, 0.05) is 31.4 Å². The third kappa shape index (κ3) is 4.68. The lowest BCUT2D eigenvalue weighted by Gasteiger charge is -2.29. The monoisotopic (exact) mass is 326 g/mol. The molecule has 22 heavy (non-hydrogen) atoms. The van der Waals surface area contributed by atoms with Crippen molar-refractivity contribution in [3.8, 4) is 0 Å². The summed E-state index contributed by atoms with van der Waals surface area (Å²) in [5, 5.41) is 2.75. The van der Waals surface area contributed by atoms with Gasteiger partial charge in [0.05, 0.1) is 5.69 Å². The van der Waals surface area contributed by atoms with Crippen molar-refractivity contribution in [1.82, 2.24) is 15.2 Å². The lowest BCUT2D eigenvalue weighted by atomic mass is 10.1. The number of aromatic nitrogens is 1. The number of hydrogen-bond acceptors (Lipinski definition) is 4. The van der Waals surface area contributed by atoms with Crippen LogP contribution in [0.15, 0.2) is 18.3 Å². The molecule has 6 nitrogen and oxygen atoms in total. The second-order valence-electron chi connectivity index (χ2n) is 5.32. The van der Waals surface area contributed by atoms with Crippen LogP contribution in [0, 0.1) is 0 Å². The first-order valence-electron chi connectivity index (χ1n) is 7.36. The maximum atomic E-state index is 12.3. The second kappa shape index (κ2) is 8.70. The van der Waals surface area contributed by atoms with Gasteiger partial charge in [0.2, 0.25) is 5.91 Å². The van der Waals surface area contributed by atoms with E-state index in [2.05, 4.69) is 10.3 Å². The molecule has 1 saturated heterocycles. The Kier molecular flexibility index (Phi) is 7.27. The van der Waals surface area contributed by atoms with Gasteiger partial charge in [-0.3, -0.25) is 14.6 Å². The number of amides is 2. The number of pyridine rings is 1. The molecule has 0 aliphatic carbocycles. The molecule has 2 heterocycles. The summed E-state index contributed by atoms with van der Waals surface area (Å²) in [5.74, 6) is -0.291. The molecule has 7 heteroatoms. The zero-order chi connectivity index (χ0) is 15.2. The lowest BCUT2D eigenvalue weighted by Crippen LogP contribution is -2.48. The van der Waals surface area contributed by atoms with E-state index in [9.17, 15) is 9.59 Å². The normalized spacial score (nSPS) is 15.6. The minimum Gasteiger partial charge on any atom is -0.341 e. The summed E-state index contributed by atoms with van der Waals surface area (Å²) >= 11 is 0. The quantitative estimate of drug-likeness (QED) is 0.867. The largest absolute Gasteiger partial charge is 0.341 e. The van der Waals surface area contributed by atoms with Crippen LogP contribution in [-0.4, -0.2) is 40.8 Å². The van der Waals surface area contributed by atoms with Gasteiger partial charge in [-0.1, -0.05) is 0 Å². The van der Waals surface area contributed by atoms with Crippen molar-refractivity contribution < 1.29 is 9.59 Å². The highest BCUT2D eigenvalue weighted by Gasteiger charge is 2.23. The lowest BCUT2D eigenvalue weighted by molar-refractivity contribution is -0.133. The number of carbonyl (C=O) groups excluding carboxylic acids is 2. The molecule has 2 amide bonds. The zero-order valence-corrected chi connectivity index (χ0v) is 13.6. The predicted molar refractivity (Wildman–Crippen MR) is 86.7 cm³/mol. The first-order valence-corrected chi connectivity index (χ1v) is 7.36. The van der Waals surface area contributed by atoms with Crippen LogP contribution in [0.5, 0.6) is 0 Å². The van der Waals surface area contributed by atoms with E-state index in [4.69, 9.17) is 5.73 Å². The van der Waals surface area contributed by atoms with E-state index in [0.29, 0.717) is 11.3 Å². The van der Waals surface area contributed by atoms with E-state index in [0.717, 1.165) is 25.9 Å². The number of nitrogens with zero attached hydrogens (tertiary/aromatic N) is 2. The molecule has 0 bridgehead atoms. The van der Waals surface area contributed by atoms with E-state index >= 15 is 0 Å². The molecule has 1 fully saturated rings. The van der Waals surface area contributed by atoms with Crippen LogP contribution in [0.25, 0.3) is 0 Å². The van der Waals surface area contributed by atoms with Crippen LogP contribution in [-0.2, 0) is 11.3 Å². The topological polar surface area (TPSA) is 88.3 Å². The van der Waals surface area contributed by atoms with Gasteiger partial charge >= 0.3 is 0 Å². The smallest absolute Gasteiger partial charge is 0.252 e. The fourth-order valence-corrected chi connectivity index (χ4v) is 2.46. The van der Waals surface area contributed by atoms with E-state index < -0.39 is 6.04 Å². The van der Waals surface area contributed by atoms with Gasteiger partial charge in [-0.2, -0.15) is 0 Å². The Morgan fingerprint density at radius 2 is 2.05 bits per heavy atom. The van der Waals surface area contributed by atoms with Crippen molar-refractivity contribution in [2.24, 2.45) is 5.73 Å². The SMILES string of the molecule is CC(NC(=O)c1ccnc(CN)c1)C(=O)N1CCCCC1.Cl. The summed E-state index contributed by atoms with van der Waals surface area (Å²) < 4.78 is 0. The van der Waals surface area contributed by atoms with Gasteiger partial charge in [-0.05, 0) is 38.3 Å². The Morgan fingerprint density at radius 3 is 2.68 bits per heavy atom. The van der Waals surface area contributed by atoms with Gasteiger partial charge < -0.3 is 16.0 Å². The maximum absolute atomic E-state index is 12.3. The molecule has 1 unspecified atom stereocenters. The van der Waals surface area contributed by atoms with Gasteiger partial charge in [0.25, 0.3) is 5.91 Å². The minimum absolute atomic E-state index is 0. The molecule has 0 radical (unpaired) electrons. The minimum atomic E-state index is -0.523. The molecule has 1 atom stereocenters. The molecule has 2 rings (SSSR count). The van der Waals surface area contributed by atoms with Crippen molar-refractivity contribution >= 4 is 24.2 Å². The van der Waals surface area contributed by atoms with Crippen LogP contribution < -0.4 is 11.1 Å². The highest BCUT2D eigenvalue weighted by molar-refractivity contribution is 5.97. The molecule has 0 aromatic carbocycles. The fourth-order valence-electron chi connectivity index (χ4n) is 2.46. The van der Waals surface area contributed by atoms with E-state index in [1.165, 1.54) is 6.42 Å². The Bertz CT molecular complexity index is 518. The van der Waals surface area contributed by atoms with E-state index in [-0.39, 0.29) is 30.8 Å². The molecule has 1 aromatic heterocycles. The number of halogens is 1. The Morgan fingerprint density at radius 1 is 1.36 bits per heavy atom. The maximum Gasteiger partial charge on any atom is 0.252 e. The fraction of sp³-hybridized carbons (Fsp3) is 0.533. The summed E-state index contributed by atoms with van der Waals surface area (Å²) in [6, 6.07) is 2.74. The van der Waals surface area contributed by atoms with Crippen molar-refractivity contribution in [3.63, 3.8) is 0 Å². The van der Waals surface area contributed by atoms with Crippen molar-refractivity contribution in [2.45, 2.75) is 38.8 Å².